The molecule has 1 atom stereocenters. The normalized spacial score (nSPS) is 13.9. The van der Waals surface area contributed by atoms with Crippen molar-refractivity contribution in [3.05, 3.63) is 29.6 Å². The molecular weight excluding hydrogens is 303 g/mol. The van der Waals surface area contributed by atoms with Gasteiger partial charge in [0.25, 0.3) is 0 Å². The first-order valence-corrected chi connectivity index (χ1v) is 6.25. The predicted octanol–water partition coefficient (Wildman–Crippen LogP) is 4.57. The van der Waals surface area contributed by atoms with Crippen molar-refractivity contribution in [1.82, 2.24) is 9.55 Å². The Labute approximate surface area is 116 Å². The Morgan fingerprint density at radius 3 is 2.50 bits per heavy atom. The topological polar surface area (TPSA) is 17.8 Å². The second-order valence-electron chi connectivity index (χ2n) is 4.46. The molecule has 0 aliphatic heterocycles. The molecule has 0 spiro atoms. The predicted molar refractivity (Wildman–Crippen MR) is 64.6 cm³/mol. The molecule has 2 aromatic rings. The Hall–Kier alpha value is -1.37. The smallest absolute Gasteiger partial charge is 0.324 e. The molecule has 20 heavy (non-hydrogen) atoms. The molecule has 2 nitrogen and oxygen atoms in total. The van der Waals surface area contributed by atoms with Crippen molar-refractivity contribution in [2.45, 2.75) is 31.4 Å². The van der Waals surface area contributed by atoms with Crippen LogP contribution in [-0.4, -0.2) is 15.7 Å². The second kappa shape index (κ2) is 5.20. The van der Waals surface area contributed by atoms with E-state index in [-0.39, 0.29) is 22.7 Å². The summed E-state index contributed by atoms with van der Waals surface area (Å²) in [6.45, 7) is 1.30. The summed E-state index contributed by atoms with van der Waals surface area (Å²) in [7, 11) is 0. The summed E-state index contributed by atoms with van der Waals surface area (Å²) in [6, 6.07) is 0.524. The zero-order valence-electron chi connectivity index (χ0n) is 10.3. The van der Waals surface area contributed by atoms with Crippen LogP contribution in [0.2, 0.25) is 0 Å². The van der Waals surface area contributed by atoms with Crippen molar-refractivity contribution in [2.75, 3.05) is 0 Å². The van der Waals surface area contributed by atoms with Gasteiger partial charge in [-0.3, -0.25) is 0 Å². The number of hydrogen-bond donors (Lipinski definition) is 0. The Morgan fingerprint density at radius 1 is 1.30 bits per heavy atom. The molecule has 1 heterocycles. The lowest BCUT2D eigenvalue weighted by Gasteiger charge is -2.18. The number of rotatable bonds is 3. The van der Waals surface area contributed by atoms with E-state index in [9.17, 15) is 22.0 Å². The van der Waals surface area contributed by atoms with E-state index in [2.05, 4.69) is 4.98 Å². The number of nitrogens with zero attached hydrogens (tertiary/aromatic N) is 2. The van der Waals surface area contributed by atoms with Gasteiger partial charge in [-0.2, -0.15) is 13.2 Å². The summed E-state index contributed by atoms with van der Waals surface area (Å²) in [4.78, 5) is 3.84. The van der Waals surface area contributed by atoms with Crippen LogP contribution in [0.15, 0.2) is 12.1 Å². The number of fused-ring (bicyclic) bond motifs is 1. The molecule has 0 fully saturated rings. The van der Waals surface area contributed by atoms with Gasteiger partial charge in [-0.1, -0.05) is 0 Å². The SMILES string of the molecule is CC(CC(F)(F)F)n1c(CCl)nc2c(F)cc(F)cc21. The molecule has 0 bridgehead atoms. The van der Waals surface area contributed by atoms with Crippen molar-refractivity contribution >= 4 is 22.6 Å². The molecule has 0 aliphatic rings. The molecule has 0 saturated carbocycles. The Balaban J connectivity index is 2.61. The minimum atomic E-state index is -4.40. The summed E-state index contributed by atoms with van der Waals surface area (Å²) < 4.78 is 65.4. The molecule has 1 aromatic carbocycles. The van der Waals surface area contributed by atoms with Gasteiger partial charge in [0.05, 0.1) is 17.8 Å². The maximum absolute atomic E-state index is 13.6. The minimum absolute atomic E-state index is 0.0325. The average Bonchev–Trinajstić information content (AvgIpc) is 2.65. The van der Waals surface area contributed by atoms with Crippen molar-refractivity contribution in [3.8, 4) is 0 Å². The average molecular weight is 313 g/mol. The molecule has 2 rings (SSSR count). The van der Waals surface area contributed by atoms with E-state index in [0.717, 1.165) is 10.6 Å². The number of alkyl halides is 4. The molecule has 1 unspecified atom stereocenters. The van der Waals surface area contributed by atoms with Gasteiger partial charge in [-0.05, 0) is 13.0 Å². The zero-order valence-corrected chi connectivity index (χ0v) is 11.1. The summed E-state index contributed by atoms with van der Waals surface area (Å²) in [6.07, 6.45) is -5.54. The van der Waals surface area contributed by atoms with E-state index >= 15 is 0 Å². The molecule has 1 aromatic heterocycles. The van der Waals surface area contributed by atoms with Crippen LogP contribution in [0.5, 0.6) is 0 Å². The van der Waals surface area contributed by atoms with E-state index in [1.807, 2.05) is 0 Å². The summed E-state index contributed by atoms with van der Waals surface area (Å²) in [5.41, 5.74) is -0.217. The van der Waals surface area contributed by atoms with Gasteiger partial charge in [0.2, 0.25) is 0 Å². The largest absolute Gasteiger partial charge is 0.391 e. The van der Waals surface area contributed by atoms with Gasteiger partial charge < -0.3 is 4.57 Å². The van der Waals surface area contributed by atoms with Crippen LogP contribution in [0.3, 0.4) is 0 Å². The lowest BCUT2D eigenvalue weighted by atomic mass is 10.2. The van der Waals surface area contributed by atoms with Crippen LogP contribution in [0.25, 0.3) is 11.0 Å². The van der Waals surface area contributed by atoms with Crippen LogP contribution in [0.1, 0.15) is 25.2 Å². The van der Waals surface area contributed by atoms with E-state index < -0.39 is 30.3 Å². The highest BCUT2D eigenvalue weighted by molar-refractivity contribution is 6.16. The third kappa shape index (κ3) is 2.87. The van der Waals surface area contributed by atoms with Gasteiger partial charge in [0.15, 0.2) is 5.82 Å². The molecule has 0 radical (unpaired) electrons. The third-order valence-electron chi connectivity index (χ3n) is 2.87. The van der Waals surface area contributed by atoms with Gasteiger partial charge in [-0.15, -0.1) is 11.6 Å². The zero-order chi connectivity index (χ0) is 15.1. The van der Waals surface area contributed by atoms with Crippen molar-refractivity contribution in [1.29, 1.82) is 0 Å². The van der Waals surface area contributed by atoms with Crippen molar-refractivity contribution in [2.24, 2.45) is 0 Å². The number of hydrogen-bond acceptors (Lipinski definition) is 1. The van der Waals surface area contributed by atoms with Crippen LogP contribution in [0, 0.1) is 11.6 Å². The highest BCUT2D eigenvalue weighted by atomic mass is 35.5. The fourth-order valence-electron chi connectivity index (χ4n) is 2.18. The van der Waals surface area contributed by atoms with Crippen LogP contribution < -0.4 is 0 Å². The maximum Gasteiger partial charge on any atom is 0.391 e. The maximum atomic E-state index is 13.6. The second-order valence-corrected chi connectivity index (χ2v) is 4.72. The van der Waals surface area contributed by atoms with E-state index in [0.29, 0.717) is 6.07 Å². The fourth-order valence-corrected chi connectivity index (χ4v) is 2.37. The minimum Gasteiger partial charge on any atom is -0.324 e. The molecular formula is C12H10ClF5N2. The highest BCUT2D eigenvalue weighted by Crippen LogP contribution is 2.32. The molecule has 0 N–H and O–H groups in total. The quantitative estimate of drug-likeness (QED) is 0.600. The molecule has 0 amide bonds. The lowest BCUT2D eigenvalue weighted by Crippen LogP contribution is -2.18. The van der Waals surface area contributed by atoms with Crippen molar-refractivity contribution < 1.29 is 22.0 Å². The van der Waals surface area contributed by atoms with Crippen LogP contribution in [0.4, 0.5) is 22.0 Å². The summed E-state index contributed by atoms with van der Waals surface area (Å²) >= 11 is 5.63. The standard InChI is InChI=1S/C12H10ClF5N2/c1-6(4-12(16,17)18)20-9-3-7(14)2-8(15)11(9)19-10(20)5-13/h2-3,6H,4-5H2,1H3. The van der Waals surface area contributed by atoms with Gasteiger partial charge in [-0.25, -0.2) is 13.8 Å². The Bertz CT molecular complexity index is 635. The van der Waals surface area contributed by atoms with Gasteiger partial charge in [0.1, 0.15) is 17.2 Å². The summed E-state index contributed by atoms with van der Waals surface area (Å²) in [5, 5.41) is 0. The van der Waals surface area contributed by atoms with Crippen LogP contribution in [-0.2, 0) is 5.88 Å². The molecule has 0 aliphatic carbocycles. The number of halogens is 6. The molecule has 110 valence electrons. The number of benzene rings is 1. The fraction of sp³-hybridized carbons (Fsp3) is 0.417. The highest BCUT2D eigenvalue weighted by Gasteiger charge is 2.32. The third-order valence-corrected chi connectivity index (χ3v) is 3.11. The monoisotopic (exact) mass is 312 g/mol. The molecule has 0 saturated heterocycles. The van der Waals surface area contributed by atoms with Crippen molar-refractivity contribution in [3.63, 3.8) is 0 Å². The first-order valence-electron chi connectivity index (χ1n) is 5.71. The first-order chi connectivity index (χ1) is 9.23. The van der Waals surface area contributed by atoms with E-state index in [1.165, 1.54) is 6.92 Å². The first kappa shape index (κ1) is 15.0. The Kier molecular flexibility index (Phi) is 3.90. The van der Waals surface area contributed by atoms with Gasteiger partial charge >= 0.3 is 6.18 Å². The summed E-state index contributed by atoms with van der Waals surface area (Å²) in [5.74, 6) is -1.93. The Morgan fingerprint density at radius 2 is 1.95 bits per heavy atom. The number of imidazole rings is 1. The van der Waals surface area contributed by atoms with Crippen LogP contribution >= 0.6 is 11.6 Å². The van der Waals surface area contributed by atoms with E-state index in [4.69, 9.17) is 11.6 Å². The molecule has 8 heteroatoms. The lowest BCUT2D eigenvalue weighted by molar-refractivity contribution is -0.141. The van der Waals surface area contributed by atoms with Gasteiger partial charge in [0, 0.05) is 12.1 Å². The number of aromatic nitrogens is 2. The van der Waals surface area contributed by atoms with E-state index in [1.54, 1.807) is 0 Å².